The highest BCUT2D eigenvalue weighted by Crippen LogP contribution is 2.53. The van der Waals surface area contributed by atoms with Gasteiger partial charge in [-0.1, -0.05) is 41.4 Å². The second-order valence-electron chi connectivity index (χ2n) is 10.0. The molecule has 0 amide bonds. The van der Waals surface area contributed by atoms with Crippen LogP contribution < -0.4 is 14.8 Å². The van der Waals surface area contributed by atoms with Gasteiger partial charge in [-0.25, -0.2) is 0 Å². The normalized spacial score (nSPS) is 21.1. The molecule has 0 saturated carbocycles. The molecular formula is C31H22Cl2N2O5. The third-order valence-electron chi connectivity index (χ3n) is 7.94. The SMILES string of the molecule is COC(=O)C1C(=O)C2=C(CC1c1ccc3c(c1)OCO3)Nc1ccc3ncccc3c1C2c1ccc(Cl)cc1Cl. The van der Waals surface area contributed by atoms with E-state index in [2.05, 4.69) is 10.3 Å². The molecule has 3 aliphatic rings. The van der Waals surface area contributed by atoms with E-state index in [4.69, 9.17) is 37.4 Å². The number of rotatable bonds is 3. The molecule has 1 aromatic heterocycles. The fourth-order valence-corrected chi connectivity index (χ4v) is 6.70. The van der Waals surface area contributed by atoms with Gasteiger partial charge in [0.25, 0.3) is 0 Å². The number of nitrogens with one attached hydrogen (secondary N) is 1. The lowest BCUT2D eigenvalue weighted by molar-refractivity contribution is -0.149. The average molecular weight is 573 g/mol. The number of hydrogen-bond donors (Lipinski definition) is 1. The Morgan fingerprint density at radius 2 is 1.90 bits per heavy atom. The summed E-state index contributed by atoms with van der Waals surface area (Å²) in [6.45, 7) is 0.128. The Morgan fingerprint density at radius 1 is 1.05 bits per heavy atom. The minimum Gasteiger partial charge on any atom is -0.468 e. The summed E-state index contributed by atoms with van der Waals surface area (Å²) in [7, 11) is 1.30. The first-order valence-corrected chi connectivity index (χ1v) is 13.5. The minimum atomic E-state index is -1.06. The monoisotopic (exact) mass is 572 g/mol. The zero-order valence-corrected chi connectivity index (χ0v) is 22.8. The van der Waals surface area contributed by atoms with E-state index in [9.17, 15) is 9.59 Å². The van der Waals surface area contributed by atoms with Gasteiger partial charge >= 0.3 is 5.97 Å². The largest absolute Gasteiger partial charge is 0.468 e. The van der Waals surface area contributed by atoms with Gasteiger partial charge in [0.15, 0.2) is 17.3 Å². The summed E-state index contributed by atoms with van der Waals surface area (Å²) in [4.78, 5) is 32.4. The maximum atomic E-state index is 14.5. The summed E-state index contributed by atoms with van der Waals surface area (Å²) in [5.74, 6) is -1.79. The predicted octanol–water partition coefficient (Wildman–Crippen LogP) is 6.63. The smallest absolute Gasteiger partial charge is 0.317 e. The Bertz CT molecular complexity index is 1770. The molecule has 4 aromatic rings. The number of Topliss-reactive ketones (excluding diaryl/α,β-unsaturated/α-hetero) is 1. The van der Waals surface area contributed by atoms with Crippen LogP contribution in [0.15, 0.2) is 78.1 Å². The number of esters is 1. The highest BCUT2D eigenvalue weighted by atomic mass is 35.5. The molecule has 0 saturated heterocycles. The molecule has 0 spiro atoms. The van der Waals surface area contributed by atoms with E-state index in [1.165, 1.54) is 7.11 Å². The Labute approximate surface area is 239 Å². The van der Waals surface area contributed by atoms with Crippen molar-refractivity contribution in [2.75, 3.05) is 19.2 Å². The van der Waals surface area contributed by atoms with Crippen LogP contribution in [0.5, 0.6) is 11.5 Å². The minimum absolute atomic E-state index is 0.128. The van der Waals surface area contributed by atoms with E-state index in [1.807, 2.05) is 42.5 Å². The van der Waals surface area contributed by atoms with Crippen molar-refractivity contribution >= 4 is 51.5 Å². The molecule has 9 heteroatoms. The van der Waals surface area contributed by atoms with Crippen molar-refractivity contribution < 1.29 is 23.8 Å². The first kappa shape index (κ1) is 24.9. The van der Waals surface area contributed by atoms with Crippen molar-refractivity contribution in [3.8, 4) is 11.5 Å². The van der Waals surface area contributed by atoms with Gasteiger partial charge in [0.05, 0.1) is 12.6 Å². The third-order valence-corrected chi connectivity index (χ3v) is 8.50. The average Bonchev–Trinajstić information content (AvgIpc) is 3.44. The molecule has 40 heavy (non-hydrogen) atoms. The van der Waals surface area contributed by atoms with Gasteiger partial charge in [0.1, 0.15) is 5.92 Å². The van der Waals surface area contributed by atoms with Crippen LogP contribution in [-0.4, -0.2) is 30.6 Å². The number of allylic oxidation sites excluding steroid dienone is 2. The Balaban J connectivity index is 1.45. The summed E-state index contributed by atoms with van der Waals surface area (Å²) >= 11 is 13.1. The van der Waals surface area contributed by atoms with Gasteiger partial charge in [-0.05, 0) is 65.6 Å². The summed E-state index contributed by atoms with van der Waals surface area (Å²) in [5, 5.41) is 5.34. The highest BCUT2D eigenvalue weighted by Gasteiger charge is 2.48. The van der Waals surface area contributed by atoms with Gasteiger partial charge in [-0.2, -0.15) is 0 Å². The van der Waals surface area contributed by atoms with E-state index in [-0.39, 0.29) is 12.6 Å². The van der Waals surface area contributed by atoms with Crippen molar-refractivity contribution in [1.29, 1.82) is 0 Å². The molecule has 1 N–H and O–H groups in total. The number of carbonyl (C=O) groups excluding carboxylic acids is 2. The van der Waals surface area contributed by atoms with Crippen LogP contribution >= 0.6 is 23.2 Å². The Morgan fingerprint density at radius 3 is 2.73 bits per heavy atom. The molecule has 3 heterocycles. The lowest BCUT2D eigenvalue weighted by atomic mass is 9.66. The van der Waals surface area contributed by atoms with Crippen molar-refractivity contribution in [2.45, 2.75) is 18.3 Å². The molecule has 0 bridgehead atoms. The highest BCUT2D eigenvalue weighted by molar-refractivity contribution is 6.35. The van der Waals surface area contributed by atoms with E-state index < -0.39 is 23.7 Å². The van der Waals surface area contributed by atoms with Crippen molar-refractivity contribution in [3.05, 3.63) is 105 Å². The Kier molecular flexibility index (Phi) is 5.95. The van der Waals surface area contributed by atoms with E-state index in [0.29, 0.717) is 33.5 Å². The van der Waals surface area contributed by atoms with Crippen LogP contribution in [-0.2, 0) is 14.3 Å². The lowest BCUT2D eigenvalue weighted by Gasteiger charge is -2.40. The number of carbonyl (C=O) groups is 2. The summed E-state index contributed by atoms with van der Waals surface area (Å²) in [5.41, 5.74) is 5.23. The van der Waals surface area contributed by atoms with Crippen LogP contribution in [0, 0.1) is 5.92 Å². The van der Waals surface area contributed by atoms with Crippen LogP contribution in [0.3, 0.4) is 0 Å². The number of halogens is 2. The first-order chi connectivity index (χ1) is 19.4. The number of pyridine rings is 1. The number of aromatic nitrogens is 1. The number of nitrogens with zero attached hydrogens (tertiary/aromatic N) is 1. The van der Waals surface area contributed by atoms with Crippen LogP contribution in [0.4, 0.5) is 5.69 Å². The molecule has 0 radical (unpaired) electrons. The lowest BCUT2D eigenvalue weighted by Crippen LogP contribution is -2.40. The van der Waals surface area contributed by atoms with E-state index in [1.54, 1.807) is 24.4 Å². The van der Waals surface area contributed by atoms with Crippen LogP contribution in [0.25, 0.3) is 10.9 Å². The summed E-state index contributed by atoms with van der Waals surface area (Å²) in [6, 6.07) is 18.5. The van der Waals surface area contributed by atoms with Gasteiger partial charge in [0, 0.05) is 50.4 Å². The Hall–Kier alpha value is -4.07. The summed E-state index contributed by atoms with van der Waals surface area (Å²) in [6.07, 6.45) is 2.13. The van der Waals surface area contributed by atoms with E-state index >= 15 is 0 Å². The summed E-state index contributed by atoms with van der Waals surface area (Å²) < 4.78 is 16.3. The molecule has 200 valence electrons. The fourth-order valence-electron chi connectivity index (χ4n) is 6.18. The number of ketones is 1. The fraction of sp³-hybridized carbons (Fsp3) is 0.194. The molecule has 3 atom stereocenters. The third kappa shape index (κ3) is 3.84. The topological polar surface area (TPSA) is 86.8 Å². The molecule has 0 fully saturated rings. The number of benzene rings is 3. The molecule has 1 aliphatic carbocycles. The molecule has 2 aliphatic heterocycles. The van der Waals surface area contributed by atoms with Gasteiger partial charge < -0.3 is 19.5 Å². The zero-order chi connectivity index (χ0) is 27.5. The second kappa shape index (κ2) is 9.54. The standard InChI is InChI=1S/C31H22Cl2N2O5/c1-38-31(37)28-19(15-4-9-24-25(11-15)40-14-39-24)13-23-29(30(28)36)27(17-6-5-16(32)12-20(17)33)26-18-3-2-10-34-21(18)7-8-22(26)35-23/h2-12,19,27-28,35H,13-14H2,1H3. The number of ether oxygens (including phenoxy) is 3. The molecule has 3 unspecified atom stereocenters. The van der Waals surface area contributed by atoms with Gasteiger partial charge in [-0.15, -0.1) is 0 Å². The van der Waals surface area contributed by atoms with Crippen molar-refractivity contribution in [2.24, 2.45) is 5.92 Å². The van der Waals surface area contributed by atoms with Gasteiger partial charge in [-0.3, -0.25) is 14.6 Å². The maximum absolute atomic E-state index is 14.5. The van der Waals surface area contributed by atoms with Crippen LogP contribution in [0.1, 0.15) is 34.9 Å². The number of fused-ring (bicyclic) bond motifs is 4. The van der Waals surface area contributed by atoms with Crippen molar-refractivity contribution in [3.63, 3.8) is 0 Å². The van der Waals surface area contributed by atoms with Crippen LogP contribution in [0.2, 0.25) is 10.0 Å². The molecule has 7 nitrogen and oxygen atoms in total. The second-order valence-corrected chi connectivity index (χ2v) is 10.8. The number of hydrogen-bond acceptors (Lipinski definition) is 7. The maximum Gasteiger partial charge on any atom is 0.317 e. The molecule has 7 rings (SSSR count). The van der Waals surface area contributed by atoms with Gasteiger partial charge in [0.2, 0.25) is 6.79 Å². The quantitative estimate of drug-likeness (QED) is 0.218. The van der Waals surface area contributed by atoms with E-state index in [0.717, 1.165) is 39.0 Å². The molecule has 3 aromatic carbocycles. The predicted molar refractivity (Wildman–Crippen MR) is 151 cm³/mol. The molecular weight excluding hydrogens is 551 g/mol. The number of methoxy groups -OCH3 is 1. The number of anilines is 1. The first-order valence-electron chi connectivity index (χ1n) is 12.8. The van der Waals surface area contributed by atoms with Crippen molar-refractivity contribution in [1.82, 2.24) is 4.98 Å². The zero-order valence-electron chi connectivity index (χ0n) is 21.2.